The van der Waals surface area contributed by atoms with Crippen molar-refractivity contribution in [3.63, 3.8) is 0 Å². The van der Waals surface area contributed by atoms with Gasteiger partial charge in [-0.15, -0.1) is 0 Å². The first-order valence-electron chi connectivity index (χ1n) is 8.42. The maximum absolute atomic E-state index is 6.10. The molecule has 1 fully saturated rings. The fraction of sp³-hybridized carbons (Fsp3) is 0.400. The topological polar surface area (TPSA) is 15.3 Å². The molecule has 23 heavy (non-hydrogen) atoms. The smallest absolute Gasteiger partial charge is 0.0602 e. The Labute approximate surface area is 144 Å². The average Bonchev–Trinajstić information content (AvgIpc) is 2.78. The van der Waals surface area contributed by atoms with E-state index in [9.17, 15) is 0 Å². The van der Waals surface area contributed by atoms with E-state index in [1.165, 1.54) is 28.7 Å². The quantitative estimate of drug-likeness (QED) is 0.901. The summed E-state index contributed by atoms with van der Waals surface area (Å²) in [6.45, 7) is 8.71. The van der Waals surface area contributed by atoms with Gasteiger partial charge in [0.15, 0.2) is 0 Å². The van der Waals surface area contributed by atoms with Crippen LogP contribution in [0.2, 0.25) is 5.02 Å². The molecule has 122 valence electrons. The molecular weight excluding hydrogens is 304 g/mol. The second-order valence-corrected chi connectivity index (χ2v) is 6.95. The summed E-state index contributed by atoms with van der Waals surface area (Å²) in [6.07, 6.45) is 1.19. The van der Waals surface area contributed by atoms with E-state index >= 15 is 0 Å². The molecule has 0 radical (unpaired) electrons. The standard InChI is InChI=1S/C20H25ClN2/c1-15-12-16(2)14-18(13-15)20(17-4-6-19(21)7-5-17)23-10-3-8-22-9-11-23/h4-7,12-14,20,22H,3,8-11H2,1-2H3. The number of nitrogens with zero attached hydrogens (tertiary/aromatic N) is 1. The van der Waals surface area contributed by atoms with Crippen molar-refractivity contribution in [2.24, 2.45) is 0 Å². The van der Waals surface area contributed by atoms with Gasteiger partial charge in [-0.25, -0.2) is 0 Å². The van der Waals surface area contributed by atoms with Crippen molar-refractivity contribution in [3.05, 3.63) is 69.7 Å². The summed E-state index contributed by atoms with van der Waals surface area (Å²) in [5, 5.41) is 4.30. The van der Waals surface area contributed by atoms with E-state index in [1.54, 1.807) is 0 Å². The molecule has 0 bridgehead atoms. The van der Waals surface area contributed by atoms with Gasteiger partial charge in [-0.05, 0) is 50.1 Å². The molecule has 0 spiro atoms. The molecule has 3 rings (SSSR count). The minimum Gasteiger partial charge on any atom is -0.315 e. The van der Waals surface area contributed by atoms with Crippen LogP contribution < -0.4 is 5.32 Å². The summed E-state index contributed by atoms with van der Waals surface area (Å²) in [7, 11) is 0. The Bertz CT molecular complexity index is 623. The molecular formula is C20H25ClN2. The Morgan fingerprint density at radius 3 is 2.30 bits per heavy atom. The molecule has 2 nitrogen and oxygen atoms in total. The Hall–Kier alpha value is -1.35. The number of nitrogens with one attached hydrogen (secondary N) is 1. The van der Waals surface area contributed by atoms with Crippen molar-refractivity contribution in [1.82, 2.24) is 10.2 Å². The zero-order valence-electron chi connectivity index (χ0n) is 14.0. The lowest BCUT2D eigenvalue weighted by Gasteiger charge is -2.32. The van der Waals surface area contributed by atoms with Gasteiger partial charge in [0.05, 0.1) is 6.04 Å². The summed E-state index contributed by atoms with van der Waals surface area (Å²) in [5.41, 5.74) is 5.35. The number of benzene rings is 2. The maximum Gasteiger partial charge on any atom is 0.0602 e. The highest BCUT2D eigenvalue weighted by Crippen LogP contribution is 2.31. The van der Waals surface area contributed by atoms with Gasteiger partial charge in [0.1, 0.15) is 0 Å². The molecule has 2 aromatic carbocycles. The van der Waals surface area contributed by atoms with Gasteiger partial charge in [-0.2, -0.15) is 0 Å². The first-order chi connectivity index (χ1) is 11.1. The second-order valence-electron chi connectivity index (χ2n) is 6.51. The van der Waals surface area contributed by atoms with E-state index in [0.29, 0.717) is 6.04 Å². The third kappa shape index (κ3) is 4.14. The Balaban J connectivity index is 2.02. The van der Waals surface area contributed by atoms with Crippen LogP contribution in [0.3, 0.4) is 0 Å². The molecule has 1 aliphatic heterocycles. The minimum atomic E-state index is 0.297. The summed E-state index contributed by atoms with van der Waals surface area (Å²) in [6, 6.07) is 15.5. The predicted octanol–water partition coefficient (Wildman–Crippen LogP) is 4.34. The molecule has 0 aliphatic carbocycles. The van der Waals surface area contributed by atoms with Crippen molar-refractivity contribution < 1.29 is 0 Å². The summed E-state index contributed by atoms with van der Waals surface area (Å²) in [4.78, 5) is 2.59. The van der Waals surface area contributed by atoms with Crippen molar-refractivity contribution >= 4 is 11.6 Å². The zero-order chi connectivity index (χ0) is 16.2. The monoisotopic (exact) mass is 328 g/mol. The SMILES string of the molecule is Cc1cc(C)cc(C(c2ccc(Cl)cc2)N2CCCNCC2)c1. The fourth-order valence-electron chi connectivity index (χ4n) is 3.55. The molecule has 1 N–H and O–H groups in total. The highest BCUT2D eigenvalue weighted by atomic mass is 35.5. The number of hydrogen-bond acceptors (Lipinski definition) is 2. The van der Waals surface area contributed by atoms with Crippen LogP contribution in [0.1, 0.15) is 34.7 Å². The predicted molar refractivity (Wildman–Crippen MR) is 98.3 cm³/mol. The van der Waals surface area contributed by atoms with Crippen LogP contribution in [0.5, 0.6) is 0 Å². The highest BCUT2D eigenvalue weighted by molar-refractivity contribution is 6.30. The molecule has 0 aromatic heterocycles. The number of hydrogen-bond donors (Lipinski definition) is 1. The van der Waals surface area contributed by atoms with Crippen molar-refractivity contribution in [3.8, 4) is 0 Å². The van der Waals surface area contributed by atoms with E-state index in [2.05, 4.69) is 54.4 Å². The highest BCUT2D eigenvalue weighted by Gasteiger charge is 2.23. The number of rotatable bonds is 3. The van der Waals surface area contributed by atoms with Crippen LogP contribution in [0.15, 0.2) is 42.5 Å². The molecule has 0 saturated carbocycles. The van der Waals surface area contributed by atoms with Crippen molar-refractivity contribution in [2.75, 3.05) is 26.2 Å². The minimum absolute atomic E-state index is 0.297. The summed E-state index contributed by atoms with van der Waals surface area (Å²) in [5.74, 6) is 0. The molecule has 2 aromatic rings. The zero-order valence-corrected chi connectivity index (χ0v) is 14.7. The van der Waals surface area contributed by atoms with Gasteiger partial charge >= 0.3 is 0 Å². The van der Waals surface area contributed by atoms with E-state index in [-0.39, 0.29) is 0 Å². The van der Waals surface area contributed by atoms with Crippen LogP contribution >= 0.6 is 11.6 Å². The van der Waals surface area contributed by atoms with Gasteiger partial charge < -0.3 is 5.32 Å². The van der Waals surface area contributed by atoms with E-state index in [1.807, 2.05) is 12.1 Å². The summed E-state index contributed by atoms with van der Waals surface area (Å²) < 4.78 is 0. The lowest BCUT2D eigenvalue weighted by Crippen LogP contribution is -2.33. The third-order valence-electron chi connectivity index (χ3n) is 4.49. The van der Waals surface area contributed by atoms with Gasteiger partial charge in [-0.3, -0.25) is 4.90 Å². The average molecular weight is 329 g/mol. The lowest BCUT2D eigenvalue weighted by atomic mass is 9.94. The van der Waals surface area contributed by atoms with Gasteiger partial charge in [0.2, 0.25) is 0 Å². The largest absolute Gasteiger partial charge is 0.315 e. The van der Waals surface area contributed by atoms with Crippen LogP contribution in [0.25, 0.3) is 0 Å². The molecule has 1 aliphatic rings. The molecule has 1 unspecified atom stereocenters. The number of halogens is 1. The lowest BCUT2D eigenvalue weighted by molar-refractivity contribution is 0.241. The first-order valence-corrected chi connectivity index (χ1v) is 8.80. The Kier molecular flexibility index (Phi) is 5.37. The maximum atomic E-state index is 6.10. The van der Waals surface area contributed by atoms with Crippen LogP contribution in [-0.2, 0) is 0 Å². The molecule has 0 amide bonds. The van der Waals surface area contributed by atoms with E-state index in [4.69, 9.17) is 11.6 Å². The van der Waals surface area contributed by atoms with Crippen molar-refractivity contribution in [2.45, 2.75) is 26.3 Å². The Morgan fingerprint density at radius 1 is 0.913 bits per heavy atom. The molecule has 1 heterocycles. The van der Waals surface area contributed by atoms with E-state index in [0.717, 1.165) is 31.2 Å². The van der Waals surface area contributed by atoms with Crippen molar-refractivity contribution in [1.29, 1.82) is 0 Å². The molecule has 3 heteroatoms. The normalized spacial score (nSPS) is 17.7. The van der Waals surface area contributed by atoms with Crippen LogP contribution in [0, 0.1) is 13.8 Å². The molecule has 1 saturated heterocycles. The van der Waals surface area contributed by atoms with Crippen LogP contribution in [-0.4, -0.2) is 31.1 Å². The van der Waals surface area contributed by atoms with Gasteiger partial charge in [0, 0.05) is 24.7 Å². The fourth-order valence-corrected chi connectivity index (χ4v) is 3.68. The number of aryl methyl sites for hydroxylation is 2. The Morgan fingerprint density at radius 2 is 1.61 bits per heavy atom. The van der Waals surface area contributed by atoms with E-state index < -0.39 is 0 Å². The van der Waals surface area contributed by atoms with Gasteiger partial charge in [-0.1, -0.05) is 53.1 Å². The summed E-state index contributed by atoms with van der Waals surface area (Å²) >= 11 is 6.10. The third-order valence-corrected chi connectivity index (χ3v) is 4.74. The second kappa shape index (κ2) is 7.48. The van der Waals surface area contributed by atoms with Crippen LogP contribution in [0.4, 0.5) is 0 Å². The molecule has 1 atom stereocenters. The first kappa shape index (κ1) is 16.5. The van der Waals surface area contributed by atoms with Gasteiger partial charge in [0.25, 0.3) is 0 Å².